The molecule has 0 amide bonds. The number of hydrogen-bond donors (Lipinski definition) is 0. The van der Waals surface area contributed by atoms with Crippen molar-refractivity contribution in [2.45, 2.75) is 0 Å². The van der Waals surface area contributed by atoms with Crippen molar-refractivity contribution in [3.05, 3.63) is 73.2 Å². The molecule has 0 aliphatic rings. The zero-order chi connectivity index (χ0) is 14.1. The van der Waals surface area contributed by atoms with Gasteiger partial charge in [0.15, 0.2) is 0 Å². The molecular formula is C18H12N2O. The summed E-state index contributed by atoms with van der Waals surface area (Å²) in [6, 6.07) is 18.1. The molecule has 0 unspecified atom stereocenters. The van der Waals surface area contributed by atoms with E-state index in [1.54, 1.807) is 12.4 Å². The molecule has 2 heterocycles. The molecule has 21 heavy (non-hydrogen) atoms. The Morgan fingerprint density at radius 2 is 1.57 bits per heavy atom. The van der Waals surface area contributed by atoms with Crippen molar-refractivity contribution in [2.75, 3.05) is 0 Å². The zero-order valence-corrected chi connectivity index (χ0v) is 11.2. The Labute approximate surface area is 121 Å². The maximum Gasteiger partial charge on any atom is 0.219 e. The normalized spacial score (nSPS) is 10.9. The lowest BCUT2D eigenvalue weighted by Gasteiger charge is -2.07. The Kier molecular flexibility index (Phi) is 2.75. The van der Waals surface area contributed by atoms with Gasteiger partial charge in [-0.3, -0.25) is 4.98 Å². The van der Waals surface area contributed by atoms with Crippen LogP contribution in [0, 0.1) is 0 Å². The molecule has 0 bridgehead atoms. The van der Waals surface area contributed by atoms with Crippen LogP contribution >= 0.6 is 0 Å². The van der Waals surface area contributed by atoms with Gasteiger partial charge in [0, 0.05) is 30.0 Å². The molecule has 0 saturated heterocycles. The van der Waals surface area contributed by atoms with Gasteiger partial charge < -0.3 is 4.74 Å². The van der Waals surface area contributed by atoms with Gasteiger partial charge in [-0.05, 0) is 28.3 Å². The minimum absolute atomic E-state index is 0.588. The lowest BCUT2D eigenvalue weighted by Crippen LogP contribution is -1.88. The first-order chi connectivity index (χ1) is 10.4. The Bertz CT molecular complexity index is 920. The van der Waals surface area contributed by atoms with E-state index >= 15 is 0 Å². The maximum absolute atomic E-state index is 5.78. The van der Waals surface area contributed by atoms with Crippen LogP contribution in [0.2, 0.25) is 0 Å². The Hall–Kier alpha value is -2.94. The van der Waals surface area contributed by atoms with Crippen LogP contribution in [0.1, 0.15) is 0 Å². The van der Waals surface area contributed by atoms with E-state index in [-0.39, 0.29) is 0 Å². The summed E-state index contributed by atoms with van der Waals surface area (Å²) in [5, 5.41) is 4.67. The van der Waals surface area contributed by atoms with Crippen LogP contribution in [0.15, 0.2) is 73.2 Å². The van der Waals surface area contributed by atoms with E-state index in [2.05, 4.69) is 34.2 Å². The first-order valence-electron chi connectivity index (χ1n) is 6.75. The van der Waals surface area contributed by atoms with Crippen molar-refractivity contribution in [3.8, 4) is 11.6 Å². The number of pyridine rings is 2. The minimum atomic E-state index is 0.588. The number of hydrogen-bond acceptors (Lipinski definition) is 3. The molecule has 4 aromatic rings. The number of ether oxygens (including phenoxy) is 1. The second-order valence-corrected chi connectivity index (χ2v) is 4.82. The lowest BCUT2D eigenvalue weighted by molar-refractivity contribution is 0.463. The highest BCUT2D eigenvalue weighted by atomic mass is 16.5. The first kappa shape index (κ1) is 11.9. The third-order valence-corrected chi connectivity index (χ3v) is 3.48. The SMILES string of the molecule is c1ccc2c(c1)ccc1cnc(Oc3ccncc3)cc12. The van der Waals surface area contributed by atoms with Crippen molar-refractivity contribution in [1.29, 1.82) is 0 Å². The fraction of sp³-hybridized carbons (Fsp3) is 0. The fourth-order valence-corrected chi connectivity index (χ4v) is 2.46. The molecule has 3 heteroatoms. The summed E-state index contributed by atoms with van der Waals surface area (Å²) in [5.41, 5.74) is 0. The topological polar surface area (TPSA) is 35.0 Å². The molecule has 0 aliphatic carbocycles. The van der Waals surface area contributed by atoms with E-state index in [9.17, 15) is 0 Å². The Morgan fingerprint density at radius 1 is 0.762 bits per heavy atom. The second kappa shape index (κ2) is 4.87. The van der Waals surface area contributed by atoms with Crippen molar-refractivity contribution >= 4 is 21.5 Å². The minimum Gasteiger partial charge on any atom is -0.439 e. The molecule has 0 fully saturated rings. The van der Waals surface area contributed by atoms with E-state index in [1.807, 2.05) is 36.5 Å². The third kappa shape index (κ3) is 2.19. The molecular weight excluding hydrogens is 260 g/mol. The smallest absolute Gasteiger partial charge is 0.219 e. The molecule has 0 aliphatic heterocycles. The maximum atomic E-state index is 5.78. The van der Waals surface area contributed by atoms with E-state index < -0.39 is 0 Å². The first-order valence-corrected chi connectivity index (χ1v) is 6.75. The van der Waals surface area contributed by atoms with Gasteiger partial charge in [0.1, 0.15) is 5.75 Å². The van der Waals surface area contributed by atoms with E-state index in [4.69, 9.17) is 4.74 Å². The standard InChI is InChI=1S/C18H12N2O/c1-2-4-16-13(3-1)5-6-14-12-20-18(11-17(14)16)21-15-7-9-19-10-8-15/h1-12H. The Morgan fingerprint density at radius 3 is 2.48 bits per heavy atom. The summed E-state index contributed by atoms with van der Waals surface area (Å²) in [6.07, 6.45) is 5.25. The predicted octanol–water partition coefficient (Wildman–Crippen LogP) is 4.58. The van der Waals surface area contributed by atoms with Gasteiger partial charge >= 0.3 is 0 Å². The highest BCUT2D eigenvalue weighted by Crippen LogP contribution is 2.28. The molecule has 0 radical (unpaired) electrons. The quantitative estimate of drug-likeness (QED) is 0.501. The number of rotatable bonds is 2. The van der Waals surface area contributed by atoms with Crippen molar-refractivity contribution < 1.29 is 4.74 Å². The highest BCUT2D eigenvalue weighted by molar-refractivity contribution is 6.07. The molecule has 2 aromatic carbocycles. The number of aromatic nitrogens is 2. The second-order valence-electron chi connectivity index (χ2n) is 4.82. The van der Waals surface area contributed by atoms with Gasteiger partial charge in [-0.25, -0.2) is 4.98 Å². The van der Waals surface area contributed by atoms with Gasteiger partial charge in [-0.15, -0.1) is 0 Å². The van der Waals surface area contributed by atoms with Crippen molar-refractivity contribution in [1.82, 2.24) is 9.97 Å². The average molecular weight is 272 g/mol. The van der Waals surface area contributed by atoms with E-state index in [1.165, 1.54) is 10.8 Å². The molecule has 0 atom stereocenters. The molecule has 100 valence electrons. The summed E-state index contributed by atoms with van der Waals surface area (Å²) >= 11 is 0. The summed E-state index contributed by atoms with van der Waals surface area (Å²) in [7, 11) is 0. The lowest BCUT2D eigenvalue weighted by atomic mass is 10.0. The van der Waals surface area contributed by atoms with Crippen LogP contribution in [-0.2, 0) is 0 Å². The molecule has 0 saturated carbocycles. The third-order valence-electron chi connectivity index (χ3n) is 3.48. The Balaban J connectivity index is 1.86. The van der Waals surface area contributed by atoms with Crippen molar-refractivity contribution in [2.24, 2.45) is 0 Å². The largest absolute Gasteiger partial charge is 0.439 e. The molecule has 3 nitrogen and oxygen atoms in total. The summed E-state index contributed by atoms with van der Waals surface area (Å²) < 4.78 is 5.78. The number of fused-ring (bicyclic) bond motifs is 3. The van der Waals surface area contributed by atoms with E-state index in [0.717, 1.165) is 16.5 Å². The van der Waals surface area contributed by atoms with Gasteiger partial charge in [0.2, 0.25) is 5.88 Å². The van der Waals surface area contributed by atoms with Crippen LogP contribution < -0.4 is 4.74 Å². The van der Waals surface area contributed by atoms with Gasteiger partial charge in [-0.1, -0.05) is 36.4 Å². The number of benzene rings is 2. The van der Waals surface area contributed by atoms with E-state index in [0.29, 0.717) is 5.88 Å². The molecule has 2 aromatic heterocycles. The van der Waals surface area contributed by atoms with Crippen LogP contribution in [-0.4, -0.2) is 9.97 Å². The van der Waals surface area contributed by atoms with Crippen LogP contribution in [0.4, 0.5) is 0 Å². The predicted molar refractivity (Wildman–Crippen MR) is 83.6 cm³/mol. The summed E-state index contributed by atoms with van der Waals surface area (Å²) in [6.45, 7) is 0. The molecule has 4 rings (SSSR count). The molecule has 0 N–H and O–H groups in total. The van der Waals surface area contributed by atoms with Gasteiger partial charge in [-0.2, -0.15) is 0 Å². The summed E-state index contributed by atoms with van der Waals surface area (Å²) in [4.78, 5) is 8.34. The fourth-order valence-electron chi connectivity index (χ4n) is 2.46. The summed E-state index contributed by atoms with van der Waals surface area (Å²) in [5.74, 6) is 1.32. The van der Waals surface area contributed by atoms with Crippen LogP contribution in [0.5, 0.6) is 11.6 Å². The van der Waals surface area contributed by atoms with Crippen molar-refractivity contribution in [3.63, 3.8) is 0 Å². The van der Waals surface area contributed by atoms with Crippen LogP contribution in [0.25, 0.3) is 21.5 Å². The van der Waals surface area contributed by atoms with Gasteiger partial charge in [0.25, 0.3) is 0 Å². The van der Waals surface area contributed by atoms with Crippen LogP contribution in [0.3, 0.4) is 0 Å². The monoisotopic (exact) mass is 272 g/mol. The zero-order valence-electron chi connectivity index (χ0n) is 11.2. The highest BCUT2D eigenvalue weighted by Gasteiger charge is 2.04. The van der Waals surface area contributed by atoms with Gasteiger partial charge in [0.05, 0.1) is 0 Å². The molecule has 0 spiro atoms. The average Bonchev–Trinajstić information content (AvgIpc) is 2.56. The number of nitrogens with zero attached hydrogens (tertiary/aromatic N) is 2.